The number of halogens is 3. The maximum Gasteiger partial charge on any atom is 0.416 e. The van der Waals surface area contributed by atoms with Crippen molar-refractivity contribution < 1.29 is 32.4 Å². The molecule has 0 aromatic heterocycles. The molecule has 0 saturated carbocycles. The van der Waals surface area contributed by atoms with Crippen LogP contribution in [0.2, 0.25) is 0 Å². The van der Waals surface area contributed by atoms with E-state index in [1.807, 2.05) is 0 Å². The van der Waals surface area contributed by atoms with E-state index in [4.69, 9.17) is 10.5 Å². The minimum atomic E-state index is -4.68. The molecule has 1 aliphatic heterocycles. The number of nitrogens with zero attached hydrogens (tertiary/aromatic N) is 2. The van der Waals surface area contributed by atoms with E-state index in [-0.39, 0.29) is 31.6 Å². The molecule has 1 heterocycles. The van der Waals surface area contributed by atoms with Gasteiger partial charge in [-0.1, -0.05) is 0 Å². The number of rotatable bonds is 5. The van der Waals surface area contributed by atoms with Crippen LogP contribution in [0.3, 0.4) is 0 Å². The molecule has 0 spiro atoms. The van der Waals surface area contributed by atoms with Gasteiger partial charge in [-0.15, -0.1) is 0 Å². The lowest BCUT2D eigenvalue weighted by atomic mass is 9.96. The standard InChI is InChI=1S/C16H18F3N3O5/c1-9(14(20)23)27-15(24)10-4-6-21(7-5-10)12-3-2-11(16(17,18)19)8-13(12)22(25)26/h2-3,8-10H,4-7H2,1H3,(H2,20,23)/t9-/m1/s1. The fourth-order valence-electron chi connectivity index (χ4n) is 2.80. The van der Waals surface area contributed by atoms with Crippen LogP contribution in [0, 0.1) is 16.0 Å². The number of carbonyl (C=O) groups is 2. The van der Waals surface area contributed by atoms with E-state index in [0.29, 0.717) is 6.07 Å². The molecule has 1 amide bonds. The molecule has 1 fully saturated rings. The molecule has 11 heteroatoms. The lowest BCUT2D eigenvalue weighted by Gasteiger charge is -2.32. The highest BCUT2D eigenvalue weighted by Crippen LogP contribution is 2.37. The molecule has 0 radical (unpaired) electrons. The fraction of sp³-hybridized carbons (Fsp3) is 0.500. The van der Waals surface area contributed by atoms with Gasteiger partial charge in [0, 0.05) is 19.2 Å². The Morgan fingerprint density at radius 1 is 1.33 bits per heavy atom. The first kappa shape index (κ1) is 20.5. The number of nitro benzene ring substituents is 1. The summed E-state index contributed by atoms with van der Waals surface area (Å²) < 4.78 is 43.3. The number of alkyl halides is 3. The van der Waals surface area contributed by atoms with Crippen LogP contribution in [-0.2, 0) is 20.5 Å². The van der Waals surface area contributed by atoms with E-state index in [2.05, 4.69) is 0 Å². The molecule has 1 atom stereocenters. The molecular formula is C16H18F3N3O5. The minimum absolute atomic E-state index is 0.0605. The lowest BCUT2D eigenvalue weighted by Crippen LogP contribution is -2.39. The second-order valence-electron chi connectivity index (χ2n) is 6.20. The summed E-state index contributed by atoms with van der Waals surface area (Å²) in [5.74, 6) is -1.89. The number of piperidine rings is 1. The minimum Gasteiger partial charge on any atom is -0.452 e. The van der Waals surface area contributed by atoms with Crippen LogP contribution in [0.1, 0.15) is 25.3 Å². The van der Waals surface area contributed by atoms with Crippen molar-refractivity contribution in [3.8, 4) is 0 Å². The molecule has 0 unspecified atom stereocenters. The number of anilines is 1. The highest BCUT2D eigenvalue weighted by Gasteiger charge is 2.35. The van der Waals surface area contributed by atoms with Crippen molar-refractivity contribution in [3.63, 3.8) is 0 Å². The third-order valence-corrected chi connectivity index (χ3v) is 4.36. The van der Waals surface area contributed by atoms with E-state index < -0.39 is 46.2 Å². The summed E-state index contributed by atoms with van der Waals surface area (Å²) in [6.07, 6.45) is -5.19. The Morgan fingerprint density at radius 2 is 1.93 bits per heavy atom. The van der Waals surface area contributed by atoms with Crippen LogP contribution in [0.15, 0.2) is 18.2 Å². The molecule has 1 aromatic rings. The van der Waals surface area contributed by atoms with E-state index in [1.54, 1.807) is 4.90 Å². The van der Waals surface area contributed by atoms with Crippen molar-refractivity contribution in [2.45, 2.75) is 32.0 Å². The number of esters is 1. The van der Waals surface area contributed by atoms with Crippen molar-refractivity contribution in [1.29, 1.82) is 0 Å². The van der Waals surface area contributed by atoms with Gasteiger partial charge in [0.2, 0.25) is 0 Å². The molecule has 0 bridgehead atoms. The van der Waals surface area contributed by atoms with Crippen LogP contribution < -0.4 is 10.6 Å². The second-order valence-corrected chi connectivity index (χ2v) is 6.20. The number of hydrogen-bond acceptors (Lipinski definition) is 6. The number of nitrogens with two attached hydrogens (primary N) is 1. The highest BCUT2D eigenvalue weighted by molar-refractivity contribution is 5.82. The molecule has 1 aliphatic rings. The van der Waals surface area contributed by atoms with Gasteiger partial charge < -0.3 is 15.4 Å². The fourth-order valence-corrected chi connectivity index (χ4v) is 2.80. The summed E-state index contributed by atoms with van der Waals surface area (Å²) in [6, 6.07) is 2.36. The molecular weight excluding hydrogens is 371 g/mol. The van der Waals surface area contributed by atoms with Gasteiger partial charge in [-0.05, 0) is 31.9 Å². The topological polar surface area (TPSA) is 116 Å². The van der Waals surface area contributed by atoms with Crippen molar-refractivity contribution in [3.05, 3.63) is 33.9 Å². The number of amides is 1. The normalized spacial score (nSPS) is 16.7. The van der Waals surface area contributed by atoms with Crippen molar-refractivity contribution >= 4 is 23.3 Å². The Kier molecular flexibility index (Phi) is 5.91. The summed E-state index contributed by atoms with van der Waals surface area (Å²) in [5.41, 5.74) is 3.35. The maximum atomic E-state index is 12.8. The molecule has 1 saturated heterocycles. The van der Waals surface area contributed by atoms with Gasteiger partial charge >= 0.3 is 12.1 Å². The molecule has 1 aromatic carbocycles. The predicted octanol–water partition coefficient (Wildman–Crippen LogP) is 2.25. The SMILES string of the molecule is C[C@@H](OC(=O)C1CCN(c2ccc(C(F)(F)F)cc2[N+](=O)[O-])CC1)C(N)=O. The van der Waals surface area contributed by atoms with E-state index in [0.717, 1.165) is 12.1 Å². The molecule has 148 valence electrons. The third kappa shape index (κ3) is 4.86. The zero-order valence-electron chi connectivity index (χ0n) is 14.4. The molecule has 2 N–H and O–H groups in total. The summed E-state index contributed by atoms with van der Waals surface area (Å²) in [4.78, 5) is 34.8. The van der Waals surface area contributed by atoms with Gasteiger partial charge in [0.1, 0.15) is 5.69 Å². The zero-order chi connectivity index (χ0) is 20.4. The number of primary amides is 1. The van der Waals surface area contributed by atoms with E-state index >= 15 is 0 Å². The smallest absolute Gasteiger partial charge is 0.416 e. The van der Waals surface area contributed by atoms with Crippen LogP contribution in [0.4, 0.5) is 24.5 Å². The maximum absolute atomic E-state index is 12.8. The van der Waals surface area contributed by atoms with Crippen LogP contribution in [-0.4, -0.2) is 36.0 Å². The number of hydrogen-bond donors (Lipinski definition) is 1. The Hall–Kier alpha value is -2.85. The molecule has 0 aliphatic carbocycles. The Labute approximate surface area is 152 Å². The summed E-state index contributed by atoms with van der Waals surface area (Å²) in [6.45, 7) is 1.79. The van der Waals surface area contributed by atoms with Gasteiger partial charge in [-0.3, -0.25) is 19.7 Å². The quantitative estimate of drug-likeness (QED) is 0.469. The van der Waals surface area contributed by atoms with Crippen LogP contribution in [0.25, 0.3) is 0 Å². The van der Waals surface area contributed by atoms with Crippen molar-refractivity contribution in [2.24, 2.45) is 11.7 Å². The number of nitro groups is 1. The van der Waals surface area contributed by atoms with Crippen molar-refractivity contribution in [2.75, 3.05) is 18.0 Å². The number of benzene rings is 1. The Bertz CT molecular complexity index is 745. The van der Waals surface area contributed by atoms with E-state index in [1.165, 1.54) is 6.92 Å². The lowest BCUT2D eigenvalue weighted by molar-refractivity contribution is -0.384. The average molecular weight is 389 g/mol. The first-order valence-electron chi connectivity index (χ1n) is 8.11. The van der Waals surface area contributed by atoms with Gasteiger partial charge in [0.15, 0.2) is 6.10 Å². The molecule has 8 nitrogen and oxygen atoms in total. The Balaban J connectivity index is 2.10. The summed E-state index contributed by atoms with van der Waals surface area (Å²) >= 11 is 0. The average Bonchev–Trinajstić information content (AvgIpc) is 2.60. The van der Waals surface area contributed by atoms with E-state index in [9.17, 15) is 32.9 Å². The van der Waals surface area contributed by atoms with Crippen molar-refractivity contribution in [1.82, 2.24) is 0 Å². The summed E-state index contributed by atoms with van der Waals surface area (Å²) in [7, 11) is 0. The Morgan fingerprint density at radius 3 is 2.41 bits per heavy atom. The molecule has 2 rings (SSSR count). The first-order valence-corrected chi connectivity index (χ1v) is 8.11. The first-order chi connectivity index (χ1) is 12.5. The van der Waals surface area contributed by atoms with Crippen LogP contribution in [0.5, 0.6) is 0 Å². The number of carbonyl (C=O) groups excluding carboxylic acids is 2. The monoisotopic (exact) mass is 389 g/mol. The van der Waals surface area contributed by atoms with Gasteiger partial charge in [0.25, 0.3) is 11.6 Å². The van der Waals surface area contributed by atoms with Gasteiger partial charge in [-0.2, -0.15) is 13.2 Å². The summed E-state index contributed by atoms with van der Waals surface area (Å²) in [5, 5.41) is 11.2. The predicted molar refractivity (Wildman–Crippen MR) is 87.8 cm³/mol. The van der Waals surface area contributed by atoms with Gasteiger partial charge in [0.05, 0.1) is 16.4 Å². The zero-order valence-corrected chi connectivity index (χ0v) is 14.4. The number of ether oxygens (including phenoxy) is 1. The molecule has 27 heavy (non-hydrogen) atoms. The largest absolute Gasteiger partial charge is 0.452 e. The van der Waals surface area contributed by atoms with Crippen LogP contribution >= 0.6 is 0 Å². The van der Waals surface area contributed by atoms with Gasteiger partial charge in [-0.25, -0.2) is 0 Å². The second kappa shape index (κ2) is 7.80. The highest BCUT2D eigenvalue weighted by atomic mass is 19.4. The third-order valence-electron chi connectivity index (χ3n) is 4.36.